The Morgan fingerprint density at radius 3 is 2.61 bits per heavy atom. The smallest absolute Gasteiger partial charge is 0.416 e. The van der Waals surface area contributed by atoms with Gasteiger partial charge in [-0.05, 0) is 83.8 Å². The van der Waals surface area contributed by atoms with Crippen LogP contribution in [0.4, 0.5) is 13.2 Å². The van der Waals surface area contributed by atoms with Crippen molar-refractivity contribution in [3.05, 3.63) is 112 Å². The molecule has 0 unspecified atom stereocenters. The van der Waals surface area contributed by atoms with Crippen LogP contribution in [0.3, 0.4) is 0 Å². The predicted molar refractivity (Wildman–Crippen MR) is 142 cm³/mol. The molecule has 4 nitrogen and oxygen atoms in total. The number of rotatable bonds is 4. The fourth-order valence-electron chi connectivity index (χ4n) is 5.35. The van der Waals surface area contributed by atoms with Crippen molar-refractivity contribution in [3.8, 4) is 5.75 Å². The van der Waals surface area contributed by atoms with Gasteiger partial charge in [0, 0.05) is 23.2 Å². The minimum absolute atomic E-state index is 0.0156. The quantitative estimate of drug-likeness (QED) is 0.280. The van der Waals surface area contributed by atoms with Crippen molar-refractivity contribution in [2.24, 2.45) is 0 Å². The van der Waals surface area contributed by atoms with Gasteiger partial charge < -0.3 is 10.1 Å². The first-order chi connectivity index (χ1) is 18.3. The van der Waals surface area contributed by atoms with Gasteiger partial charge in [-0.15, -0.1) is 0 Å². The monoisotopic (exact) mass is 514 g/mol. The molecule has 0 radical (unpaired) electrons. The second-order valence-corrected chi connectivity index (χ2v) is 9.61. The number of nitrogens with zero attached hydrogens (tertiary/aromatic N) is 1. The number of nitrogens with one attached hydrogen (secondary N) is 1. The van der Waals surface area contributed by atoms with E-state index in [9.17, 15) is 18.0 Å². The van der Waals surface area contributed by atoms with E-state index in [2.05, 4.69) is 5.32 Å². The summed E-state index contributed by atoms with van der Waals surface area (Å²) in [6, 6.07) is 23.3. The third-order valence-electron chi connectivity index (χ3n) is 7.34. The maximum absolute atomic E-state index is 13.8. The van der Waals surface area contributed by atoms with Crippen LogP contribution in [0.15, 0.2) is 78.9 Å². The molecule has 1 aromatic heterocycles. The Bertz CT molecular complexity index is 1700. The number of carbonyl (C=O) groups excluding carboxylic acids is 1. The van der Waals surface area contributed by atoms with Gasteiger partial charge in [0.05, 0.1) is 11.1 Å². The molecule has 38 heavy (non-hydrogen) atoms. The van der Waals surface area contributed by atoms with Crippen molar-refractivity contribution < 1.29 is 22.7 Å². The van der Waals surface area contributed by atoms with Crippen LogP contribution in [0, 0.1) is 6.92 Å². The molecule has 1 aliphatic heterocycles. The average Bonchev–Trinajstić information content (AvgIpc) is 3.25. The summed E-state index contributed by atoms with van der Waals surface area (Å²) in [7, 11) is 0. The molecule has 5 aromatic rings. The van der Waals surface area contributed by atoms with Crippen molar-refractivity contribution >= 4 is 27.6 Å². The Morgan fingerprint density at radius 2 is 1.79 bits per heavy atom. The Labute approximate surface area is 217 Å². The molecule has 0 atom stereocenters. The summed E-state index contributed by atoms with van der Waals surface area (Å²) in [6.45, 7) is 2.85. The van der Waals surface area contributed by atoms with Crippen LogP contribution in [-0.2, 0) is 25.7 Å². The summed E-state index contributed by atoms with van der Waals surface area (Å²) < 4.78 is 47.7. The van der Waals surface area contributed by atoms with Gasteiger partial charge in [0.15, 0.2) is 0 Å². The molecule has 4 aromatic carbocycles. The first kappa shape index (κ1) is 24.2. The molecular formula is C31H25F3N2O2. The Kier molecular flexibility index (Phi) is 5.95. The maximum atomic E-state index is 13.8. The average molecular weight is 515 g/mol. The summed E-state index contributed by atoms with van der Waals surface area (Å²) in [5.74, 6) is 0.449. The largest absolute Gasteiger partial charge is 0.489 e. The number of ether oxygens (including phenoxy) is 1. The van der Waals surface area contributed by atoms with E-state index in [1.807, 2.05) is 54.6 Å². The third kappa shape index (κ3) is 4.23. The molecule has 1 N–H and O–H groups in total. The lowest BCUT2D eigenvalue weighted by molar-refractivity contribution is -0.138. The summed E-state index contributed by atoms with van der Waals surface area (Å²) in [6.07, 6.45) is -3.65. The van der Waals surface area contributed by atoms with Crippen molar-refractivity contribution in [2.75, 3.05) is 6.54 Å². The van der Waals surface area contributed by atoms with Crippen LogP contribution < -0.4 is 10.1 Å². The molecule has 6 rings (SSSR count). The molecule has 2 heterocycles. The zero-order chi connectivity index (χ0) is 26.4. The van der Waals surface area contributed by atoms with Crippen molar-refractivity contribution in [1.29, 1.82) is 0 Å². The van der Waals surface area contributed by atoms with Gasteiger partial charge in [0.25, 0.3) is 5.91 Å². The van der Waals surface area contributed by atoms with Gasteiger partial charge in [-0.25, -0.2) is 0 Å². The predicted octanol–water partition coefficient (Wildman–Crippen LogP) is 7.03. The molecule has 0 amide bonds. The highest BCUT2D eigenvalue weighted by atomic mass is 19.4. The minimum atomic E-state index is -4.41. The van der Waals surface area contributed by atoms with Crippen molar-refractivity contribution in [3.63, 3.8) is 0 Å². The van der Waals surface area contributed by atoms with Crippen LogP contribution in [0.1, 0.15) is 38.3 Å². The maximum Gasteiger partial charge on any atom is 0.416 e. The molecule has 0 bridgehead atoms. The summed E-state index contributed by atoms with van der Waals surface area (Å²) in [5.41, 5.74) is 3.41. The van der Waals surface area contributed by atoms with E-state index in [0.29, 0.717) is 23.4 Å². The zero-order valence-corrected chi connectivity index (χ0v) is 20.7. The lowest BCUT2D eigenvalue weighted by Crippen LogP contribution is -2.27. The fourth-order valence-corrected chi connectivity index (χ4v) is 5.35. The number of benzene rings is 4. The number of carbonyl (C=O) groups is 1. The van der Waals surface area contributed by atoms with E-state index in [1.54, 1.807) is 16.7 Å². The number of alkyl halides is 3. The van der Waals surface area contributed by atoms with Gasteiger partial charge in [-0.2, -0.15) is 13.2 Å². The lowest BCUT2D eigenvalue weighted by Gasteiger charge is -2.16. The Morgan fingerprint density at radius 1 is 0.974 bits per heavy atom. The van der Waals surface area contributed by atoms with Gasteiger partial charge in [-0.1, -0.05) is 42.5 Å². The minimum Gasteiger partial charge on any atom is -0.489 e. The highest BCUT2D eigenvalue weighted by Crippen LogP contribution is 2.35. The van der Waals surface area contributed by atoms with Gasteiger partial charge in [0.2, 0.25) is 0 Å². The Balaban J connectivity index is 1.36. The van der Waals surface area contributed by atoms with Crippen LogP contribution in [0.25, 0.3) is 21.7 Å². The van der Waals surface area contributed by atoms with Gasteiger partial charge in [0.1, 0.15) is 12.4 Å². The second kappa shape index (κ2) is 9.33. The fraction of sp³-hybridized carbons (Fsp3) is 0.194. The second-order valence-electron chi connectivity index (χ2n) is 9.61. The zero-order valence-electron chi connectivity index (χ0n) is 20.7. The molecule has 0 fully saturated rings. The molecule has 0 spiro atoms. The molecule has 0 saturated carbocycles. The number of hydrogen-bond acceptors (Lipinski definition) is 3. The molecule has 0 saturated heterocycles. The van der Waals surface area contributed by atoms with E-state index < -0.39 is 11.7 Å². The number of fused-ring (bicyclic) bond motifs is 4. The molecule has 0 aliphatic carbocycles. The SMILES string of the molecule is Cc1c(COc2ccc3c(c2)c2c(n3C(=O)c3ccc4ccccc4c3)CNCC2)cccc1C(F)(F)F. The highest BCUT2D eigenvalue weighted by Gasteiger charge is 2.33. The standard InChI is InChI=1S/C31H25F3N2O2/c1-19-23(7-4-8-27(19)31(32,33)34)18-38-24-11-12-28-26(16-24)25-13-14-35-17-29(25)36(28)30(37)22-10-9-20-5-2-3-6-21(20)15-22/h2-12,15-16,35H,13-14,17-18H2,1H3. The molecular weight excluding hydrogens is 489 g/mol. The number of aromatic nitrogens is 1. The number of hydrogen-bond donors (Lipinski definition) is 1. The van der Waals surface area contributed by atoms with E-state index in [1.165, 1.54) is 13.0 Å². The molecule has 192 valence electrons. The molecule has 7 heteroatoms. The van der Waals surface area contributed by atoms with Crippen LogP contribution in [-0.4, -0.2) is 17.0 Å². The van der Waals surface area contributed by atoms with Gasteiger partial charge >= 0.3 is 6.18 Å². The third-order valence-corrected chi connectivity index (χ3v) is 7.34. The summed E-state index contributed by atoms with van der Waals surface area (Å²) >= 11 is 0. The normalized spacial score (nSPS) is 13.6. The van der Waals surface area contributed by atoms with Crippen LogP contribution in [0.5, 0.6) is 5.75 Å². The van der Waals surface area contributed by atoms with Crippen LogP contribution >= 0.6 is 0 Å². The van der Waals surface area contributed by atoms with E-state index in [4.69, 9.17) is 4.74 Å². The summed E-state index contributed by atoms with van der Waals surface area (Å²) in [5, 5.41) is 6.37. The molecule has 1 aliphatic rings. The highest BCUT2D eigenvalue weighted by molar-refractivity contribution is 6.06. The van der Waals surface area contributed by atoms with E-state index in [-0.39, 0.29) is 18.1 Å². The number of halogens is 3. The first-order valence-corrected chi connectivity index (χ1v) is 12.5. The first-order valence-electron chi connectivity index (χ1n) is 12.5. The van der Waals surface area contributed by atoms with Gasteiger partial charge in [-0.3, -0.25) is 9.36 Å². The Hall–Kier alpha value is -4.10. The van der Waals surface area contributed by atoms with Crippen molar-refractivity contribution in [2.45, 2.75) is 32.7 Å². The van der Waals surface area contributed by atoms with Crippen molar-refractivity contribution in [1.82, 2.24) is 9.88 Å². The van der Waals surface area contributed by atoms with E-state index >= 15 is 0 Å². The summed E-state index contributed by atoms with van der Waals surface area (Å²) in [4.78, 5) is 13.8. The van der Waals surface area contributed by atoms with E-state index in [0.717, 1.165) is 52.0 Å². The topological polar surface area (TPSA) is 43.3 Å². The lowest BCUT2D eigenvalue weighted by atomic mass is 10.0. The van der Waals surface area contributed by atoms with Crippen LogP contribution in [0.2, 0.25) is 0 Å².